The number of nitrogens with one attached hydrogen (secondary N) is 2. The van der Waals surface area contributed by atoms with Gasteiger partial charge in [-0.1, -0.05) is 6.92 Å². The first-order chi connectivity index (χ1) is 11.2. The van der Waals surface area contributed by atoms with Gasteiger partial charge in [0.1, 0.15) is 5.75 Å². The molecule has 1 aromatic rings. The van der Waals surface area contributed by atoms with Crippen LogP contribution in [0.1, 0.15) is 37.0 Å². The van der Waals surface area contributed by atoms with E-state index in [1.807, 2.05) is 13.8 Å². The van der Waals surface area contributed by atoms with Crippen LogP contribution >= 0.6 is 0 Å². The third kappa shape index (κ3) is 5.82. The number of methoxy groups -OCH3 is 1. The lowest BCUT2D eigenvalue weighted by Gasteiger charge is -2.12. The summed E-state index contributed by atoms with van der Waals surface area (Å²) in [6.07, 6.45) is 0.933. The predicted molar refractivity (Wildman–Crippen MR) is 89.2 cm³/mol. The molecule has 0 aromatic heterocycles. The number of rotatable bonds is 8. The van der Waals surface area contributed by atoms with E-state index in [-0.39, 0.29) is 41.1 Å². The number of carbonyl (C=O) groups is 2. The van der Waals surface area contributed by atoms with E-state index in [9.17, 15) is 18.0 Å². The van der Waals surface area contributed by atoms with Gasteiger partial charge in [0.05, 0.1) is 17.6 Å². The maximum atomic E-state index is 12.2. The molecule has 134 valence electrons. The number of amides is 2. The van der Waals surface area contributed by atoms with E-state index < -0.39 is 15.9 Å². The van der Waals surface area contributed by atoms with Gasteiger partial charge < -0.3 is 15.4 Å². The van der Waals surface area contributed by atoms with Crippen LogP contribution in [0.2, 0.25) is 0 Å². The molecule has 4 N–H and O–H groups in total. The SMILES string of the molecule is CC[C@H](C)NC(=O)CCNC(=O)c1cc(S(N)(=O)=O)ccc1OC. The van der Waals surface area contributed by atoms with Crippen LogP contribution in [0.4, 0.5) is 0 Å². The molecule has 0 aliphatic rings. The fraction of sp³-hybridized carbons (Fsp3) is 0.467. The number of sulfonamides is 1. The Morgan fingerprint density at radius 3 is 2.54 bits per heavy atom. The molecule has 0 aliphatic heterocycles. The molecule has 0 aliphatic carbocycles. The van der Waals surface area contributed by atoms with E-state index in [1.165, 1.54) is 19.2 Å². The molecule has 1 rings (SSSR count). The Bertz CT molecular complexity index is 703. The highest BCUT2D eigenvalue weighted by Gasteiger charge is 2.17. The number of carbonyl (C=O) groups excluding carboxylic acids is 2. The second kappa shape index (κ2) is 8.65. The van der Waals surface area contributed by atoms with E-state index in [4.69, 9.17) is 9.88 Å². The quantitative estimate of drug-likeness (QED) is 0.619. The van der Waals surface area contributed by atoms with E-state index in [1.54, 1.807) is 0 Å². The number of nitrogens with two attached hydrogens (primary N) is 1. The lowest BCUT2D eigenvalue weighted by Crippen LogP contribution is -2.35. The summed E-state index contributed by atoms with van der Waals surface area (Å²) in [6.45, 7) is 3.96. The molecule has 1 aromatic carbocycles. The molecule has 8 nitrogen and oxygen atoms in total. The standard InChI is InChI=1S/C15H23N3O5S/c1-4-10(2)18-14(19)7-8-17-15(20)12-9-11(24(16,21)22)5-6-13(12)23-3/h5-6,9-10H,4,7-8H2,1-3H3,(H,17,20)(H,18,19)(H2,16,21,22)/t10-/m0/s1. The topological polar surface area (TPSA) is 128 Å². The van der Waals surface area contributed by atoms with Crippen LogP contribution in [0.5, 0.6) is 5.75 Å². The van der Waals surface area contributed by atoms with Crippen LogP contribution in [-0.2, 0) is 14.8 Å². The van der Waals surface area contributed by atoms with Gasteiger partial charge in [0.15, 0.2) is 0 Å². The zero-order valence-corrected chi connectivity index (χ0v) is 14.8. The van der Waals surface area contributed by atoms with Crippen molar-refractivity contribution in [1.29, 1.82) is 0 Å². The summed E-state index contributed by atoms with van der Waals surface area (Å²) in [4.78, 5) is 23.7. The highest BCUT2D eigenvalue weighted by atomic mass is 32.2. The molecule has 1 atom stereocenters. The minimum Gasteiger partial charge on any atom is -0.496 e. The average Bonchev–Trinajstić information content (AvgIpc) is 2.52. The summed E-state index contributed by atoms with van der Waals surface area (Å²) in [5.74, 6) is -0.507. The molecule has 0 heterocycles. The summed E-state index contributed by atoms with van der Waals surface area (Å²) in [6, 6.07) is 3.82. The molecule has 0 saturated heterocycles. The van der Waals surface area contributed by atoms with Crippen molar-refractivity contribution in [2.24, 2.45) is 5.14 Å². The second-order valence-electron chi connectivity index (χ2n) is 5.29. The largest absolute Gasteiger partial charge is 0.496 e. The van der Waals surface area contributed by atoms with Gasteiger partial charge in [0.2, 0.25) is 15.9 Å². The maximum Gasteiger partial charge on any atom is 0.255 e. The molecule has 9 heteroatoms. The summed E-state index contributed by atoms with van der Waals surface area (Å²) < 4.78 is 27.8. The van der Waals surface area contributed by atoms with Gasteiger partial charge in [0, 0.05) is 19.0 Å². The van der Waals surface area contributed by atoms with Gasteiger partial charge in [-0.15, -0.1) is 0 Å². The van der Waals surface area contributed by atoms with Gasteiger partial charge in [-0.05, 0) is 31.5 Å². The van der Waals surface area contributed by atoms with Crippen molar-refractivity contribution in [3.05, 3.63) is 23.8 Å². The van der Waals surface area contributed by atoms with Crippen molar-refractivity contribution < 1.29 is 22.7 Å². The first-order valence-electron chi connectivity index (χ1n) is 7.47. The smallest absolute Gasteiger partial charge is 0.255 e. The Balaban J connectivity index is 2.75. The average molecular weight is 357 g/mol. The van der Waals surface area contributed by atoms with Gasteiger partial charge in [-0.25, -0.2) is 13.6 Å². The van der Waals surface area contributed by atoms with Crippen LogP contribution in [0.25, 0.3) is 0 Å². The highest BCUT2D eigenvalue weighted by Crippen LogP contribution is 2.21. The number of ether oxygens (including phenoxy) is 1. The molecule has 0 bridgehead atoms. The first-order valence-corrected chi connectivity index (χ1v) is 9.02. The number of benzene rings is 1. The molecule has 2 amide bonds. The third-order valence-corrected chi connectivity index (χ3v) is 4.31. The summed E-state index contributed by atoms with van der Waals surface area (Å²) in [7, 11) is -2.57. The normalized spacial score (nSPS) is 12.3. The van der Waals surface area contributed by atoms with Gasteiger partial charge >= 0.3 is 0 Å². The number of hydrogen-bond donors (Lipinski definition) is 3. The van der Waals surface area contributed by atoms with Crippen LogP contribution in [0, 0.1) is 0 Å². The lowest BCUT2D eigenvalue weighted by atomic mass is 10.2. The molecule has 0 saturated carbocycles. The fourth-order valence-electron chi connectivity index (χ4n) is 1.88. The molecular weight excluding hydrogens is 334 g/mol. The van der Waals surface area contributed by atoms with Crippen LogP contribution in [0.15, 0.2) is 23.1 Å². The minimum absolute atomic E-state index is 0.0337. The van der Waals surface area contributed by atoms with E-state index >= 15 is 0 Å². The zero-order valence-electron chi connectivity index (χ0n) is 14.0. The van der Waals surface area contributed by atoms with E-state index in [2.05, 4.69) is 10.6 Å². The van der Waals surface area contributed by atoms with Gasteiger partial charge in [0.25, 0.3) is 5.91 Å². The maximum absolute atomic E-state index is 12.2. The van der Waals surface area contributed by atoms with Crippen molar-refractivity contribution in [3.8, 4) is 5.75 Å². The van der Waals surface area contributed by atoms with Crippen LogP contribution in [-0.4, -0.2) is 39.9 Å². The number of primary sulfonamides is 1. The fourth-order valence-corrected chi connectivity index (χ4v) is 2.42. The Kier molecular flexibility index (Phi) is 7.18. The van der Waals surface area contributed by atoms with Crippen molar-refractivity contribution in [2.75, 3.05) is 13.7 Å². The molecule has 24 heavy (non-hydrogen) atoms. The Labute approximate surface area is 141 Å². The van der Waals surface area contributed by atoms with Crippen molar-refractivity contribution in [1.82, 2.24) is 10.6 Å². The molecule has 0 fully saturated rings. The number of hydrogen-bond acceptors (Lipinski definition) is 5. The van der Waals surface area contributed by atoms with Crippen LogP contribution < -0.4 is 20.5 Å². The second-order valence-corrected chi connectivity index (χ2v) is 6.85. The minimum atomic E-state index is -3.93. The zero-order chi connectivity index (χ0) is 18.3. The molecule has 0 spiro atoms. The first kappa shape index (κ1) is 19.9. The van der Waals surface area contributed by atoms with E-state index in [0.717, 1.165) is 12.5 Å². The molecular formula is C15H23N3O5S. The Morgan fingerprint density at radius 1 is 1.33 bits per heavy atom. The van der Waals surface area contributed by atoms with Crippen molar-refractivity contribution >= 4 is 21.8 Å². The Morgan fingerprint density at radius 2 is 2.00 bits per heavy atom. The van der Waals surface area contributed by atoms with Gasteiger partial charge in [-0.2, -0.15) is 0 Å². The molecule has 0 unspecified atom stereocenters. The van der Waals surface area contributed by atoms with Crippen molar-refractivity contribution in [3.63, 3.8) is 0 Å². The van der Waals surface area contributed by atoms with Gasteiger partial charge in [-0.3, -0.25) is 9.59 Å². The van der Waals surface area contributed by atoms with Crippen LogP contribution in [0.3, 0.4) is 0 Å². The summed E-state index contributed by atoms with van der Waals surface area (Å²) in [5, 5.41) is 10.4. The molecule has 0 radical (unpaired) electrons. The van der Waals surface area contributed by atoms with E-state index in [0.29, 0.717) is 0 Å². The Hall–Kier alpha value is -2.13. The lowest BCUT2D eigenvalue weighted by molar-refractivity contribution is -0.121. The monoisotopic (exact) mass is 357 g/mol. The predicted octanol–water partition coefficient (Wildman–Crippen LogP) is 0.377. The highest BCUT2D eigenvalue weighted by molar-refractivity contribution is 7.89. The third-order valence-electron chi connectivity index (χ3n) is 3.40. The van der Waals surface area contributed by atoms with Crippen molar-refractivity contribution in [2.45, 2.75) is 37.6 Å². The summed E-state index contributed by atoms with van der Waals surface area (Å²) in [5.41, 5.74) is 0.0337. The summed E-state index contributed by atoms with van der Waals surface area (Å²) >= 11 is 0.